The summed E-state index contributed by atoms with van der Waals surface area (Å²) in [5, 5.41) is 12.9. The van der Waals surface area contributed by atoms with Crippen molar-refractivity contribution in [3.05, 3.63) is 29.3 Å². The van der Waals surface area contributed by atoms with Gasteiger partial charge in [-0.25, -0.2) is 0 Å². The largest absolute Gasteiger partial charge is 0.393 e. The first-order valence-electron chi connectivity index (χ1n) is 8.95. The van der Waals surface area contributed by atoms with E-state index in [9.17, 15) is 9.90 Å². The number of amides is 1. The molecule has 4 heteroatoms. The number of carbonyl (C=O) groups is 1. The van der Waals surface area contributed by atoms with Gasteiger partial charge in [-0.15, -0.1) is 0 Å². The van der Waals surface area contributed by atoms with Gasteiger partial charge in [-0.05, 0) is 57.1 Å². The number of nitrogens with zero attached hydrogens (tertiary/aromatic N) is 1. The van der Waals surface area contributed by atoms with Gasteiger partial charge in [0.05, 0.1) is 11.7 Å². The molecule has 0 bridgehead atoms. The van der Waals surface area contributed by atoms with E-state index in [1.54, 1.807) is 0 Å². The zero-order chi connectivity index (χ0) is 16.2. The molecule has 2 fully saturated rings. The van der Waals surface area contributed by atoms with Gasteiger partial charge < -0.3 is 15.3 Å². The normalized spacial score (nSPS) is 24.7. The van der Waals surface area contributed by atoms with Crippen molar-refractivity contribution in [3.63, 3.8) is 0 Å². The van der Waals surface area contributed by atoms with Crippen molar-refractivity contribution in [2.45, 2.75) is 51.6 Å². The van der Waals surface area contributed by atoms with E-state index >= 15 is 0 Å². The quantitative estimate of drug-likeness (QED) is 0.898. The molecule has 4 nitrogen and oxygen atoms in total. The van der Waals surface area contributed by atoms with Crippen LogP contribution in [0.1, 0.15) is 54.4 Å². The summed E-state index contributed by atoms with van der Waals surface area (Å²) in [5.74, 6) is 0.429. The summed E-state index contributed by atoms with van der Waals surface area (Å²) in [5.41, 5.74) is 2.98. The highest BCUT2D eigenvalue weighted by molar-refractivity contribution is 6.00. The summed E-state index contributed by atoms with van der Waals surface area (Å²) in [6, 6.07) is 6.17. The van der Waals surface area contributed by atoms with Crippen LogP contribution in [0, 0.1) is 12.8 Å². The van der Waals surface area contributed by atoms with E-state index in [0.717, 1.165) is 55.6 Å². The second-order valence-corrected chi connectivity index (χ2v) is 7.11. The molecule has 0 spiro atoms. The minimum Gasteiger partial charge on any atom is -0.393 e. The van der Waals surface area contributed by atoms with Crippen molar-refractivity contribution < 1.29 is 9.90 Å². The van der Waals surface area contributed by atoms with Crippen LogP contribution >= 0.6 is 0 Å². The monoisotopic (exact) mass is 316 g/mol. The number of rotatable bonds is 4. The SMILES string of the molecule is Cc1ccc(N2CCCC2)c(C(=O)NCC2CCCC(O)C2)c1. The first-order chi connectivity index (χ1) is 11.1. The topological polar surface area (TPSA) is 52.6 Å². The number of aliphatic hydroxyl groups excluding tert-OH is 1. The lowest BCUT2D eigenvalue weighted by Gasteiger charge is -2.26. The Labute approximate surface area is 138 Å². The maximum absolute atomic E-state index is 12.7. The lowest BCUT2D eigenvalue weighted by molar-refractivity contribution is 0.0874. The number of nitrogens with one attached hydrogen (secondary N) is 1. The Balaban J connectivity index is 1.67. The molecule has 0 aromatic heterocycles. The predicted octanol–water partition coefficient (Wildman–Crippen LogP) is 2.88. The third-order valence-corrected chi connectivity index (χ3v) is 5.15. The van der Waals surface area contributed by atoms with Gasteiger partial charge in [-0.2, -0.15) is 0 Å². The van der Waals surface area contributed by atoms with Crippen molar-refractivity contribution >= 4 is 11.6 Å². The van der Waals surface area contributed by atoms with Gasteiger partial charge >= 0.3 is 0 Å². The van der Waals surface area contributed by atoms with Gasteiger partial charge in [0.25, 0.3) is 5.91 Å². The molecular weight excluding hydrogens is 288 g/mol. The molecule has 2 atom stereocenters. The van der Waals surface area contributed by atoms with Crippen LogP contribution in [-0.2, 0) is 0 Å². The molecule has 1 saturated heterocycles. The maximum Gasteiger partial charge on any atom is 0.253 e. The average molecular weight is 316 g/mol. The number of carbonyl (C=O) groups excluding carboxylic acids is 1. The van der Waals surface area contributed by atoms with Crippen LogP contribution in [0.4, 0.5) is 5.69 Å². The molecule has 2 aliphatic rings. The summed E-state index contributed by atoms with van der Waals surface area (Å²) in [4.78, 5) is 15.0. The molecule has 1 aromatic rings. The van der Waals surface area contributed by atoms with Crippen LogP contribution < -0.4 is 10.2 Å². The van der Waals surface area contributed by atoms with Gasteiger partial charge in [0, 0.05) is 25.3 Å². The van der Waals surface area contributed by atoms with Gasteiger partial charge in [-0.3, -0.25) is 4.79 Å². The molecular formula is C19H28N2O2. The Hall–Kier alpha value is -1.55. The molecule has 2 unspecified atom stereocenters. The fraction of sp³-hybridized carbons (Fsp3) is 0.632. The molecule has 0 radical (unpaired) electrons. The average Bonchev–Trinajstić information content (AvgIpc) is 3.07. The molecule has 1 aliphatic heterocycles. The molecule has 1 amide bonds. The van der Waals surface area contributed by atoms with Gasteiger partial charge in [-0.1, -0.05) is 18.1 Å². The first-order valence-corrected chi connectivity index (χ1v) is 8.95. The molecule has 1 heterocycles. The summed E-state index contributed by atoms with van der Waals surface area (Å²) in [6.07, 6.45) is 6.10. The summed E-state index contributed by atoms with van der Waals surface area (Å²) < 4.78 is 0. The summed E-state index contributed by atoms with van der Waals surface area (Å²) in [7, 11) is 0. The maximum atomic E-state index is 12.7. The highest BCUT2D eigenvalue weighted by atomic mass is 16.3. The fourth-order valence-electron chi connectivity index (χ4n) is 3.85. The Morgan fingerprint density at radius 2 is 2.04 bits per heavy atom. The molecule has 1 saturated carbocycles. The van der Waals surface area contributed by atoms with Crippen LogP contribution in [0.2, 0.25) is 0 Å². The van der Waals surface area contributed by atoms with Crippen LogP contribution in [-0.4, -0.2) is 36.8 Å². The second kappa shape index (κ2) is 7.35. The summed E-state index contributed by atoms with van der Waals surface area (Å²) >= 11 is 0. The minimum atomic E-state index is -0.190. The zero-order valence-corrected chi connectivity index (χ0v) is 14.1. The Bertz CT molecular complexity index is 552. The third-order valence-electron chi connectivity index (χ3n) is 5.15. The zero-order valence-electron chi connectivity index (χ0n) is 14.1. The van der Waals surface area contributed by atoms with Crippen molar-refractivity contribution in [1.82, 2.24) is 5.32 Å². The fourth-order valence-corrected chi connectivity index (χ4v) is 3.85. The molecule has 1 aromatic carbocycles. The molecule has 3 rings (SSSR count). The van der Waals surface area contributed by atoms with E-state index in [0.29, 0.717) is 12.5 Å². The van der Waals surface area contributed by atoms with Crippen molar-refractivity contribution in [2.24, 2.45) is 5.92 Å². The first kappa shape index (κ1) is 16.3. The Morgan fingerprint density at radius 1 is 1.26 bits per heavy atom. The lowest BCUT2D eigenvalue weighted by atomic mass is 9.87. The Kier molecular flexibility index (Phi) is 5.21. The number of aryl methyl sites for hydroxylation is 1. The van der Waals surface area contributed by atoms with Crippen molar-refractivity contribution in [2.75, 3.05) is 24.5 Å². The Morgan fingerprint density at radius 3 is 2.78 bits per heavy atom. The van der Waals surface area contributed by atoms with E-state index < -0.39 is 0 Å². The molecule has 2 N–H and O–H groups in total. The number of hydrogen-bond donors (Lipinski definition) is 2. The van der Waals surface area contributed by atoms with E-state index in [4.69, 9.17) is 0 Å². The van der Waals surface area contributed by atoms with Crippen LogP contribution in [0.5, 0.6) is 0 Å². The van der Waals surface area contributed by atoms with Crippen LogP contribution in [0.15, 0.2) is 18.2 Å². The van der Waals surface area contributed by atoms with Crippen molar-refractivity contribution in [3.8, 4) is 0 Å². The predicted molar refractivity (Wildman–Crippen MR) is 92.9 cm³/mol. The van der Waals surface area contributed by atoms with E-state index in [-0.39, 0.29) is 12.0 Å². The third kappa shape index (κ3) is 4.05. The van der Waals surface area contributed by atoms with Gasteiger partial charge in [0.15, 0.2) is 0 Å². The number of anilines is 1. The highest BCUT2D eigenvalue weighted by Gasteiger charge is 2.23. The van der Waals surface area contributed by atoms with E-state index in [2.05, 4.69) is 22.3 Å². The smallest absolute Gasteiger partial charge is 0.253 e. The number of hydrogen-bond acceptors (Lipinski definition) is 3. The minimum absolute atomic E-state index is 0.0238. The molecule has 1 aliphatic carbocycles. The van der Waals surface area contributed by atoms with Crippen LogP contribution in [0.3, 0.4) is 0 Å². The number of benzene rings is 1. The van der Waals surface area contributed by atoms with Crippen molar-refractivity contribution in [1.29, 1.82) is 0 Å². The second-order valence-electron chi connectivity index (χ2n) is 7.11. The molecule has 126 valence electrons. The van der Waals surface area contributed by atoms with E-state index in [1.165, 1.54) is 12.8 Å². The van der Waals surface area contributed by atoms with E-state index in [1.807, 2.05) is 13.0 Å². The lowest BCUT2D eigenvalue weighted by Crippen LogP contribution is -2.34. The van der Waals surface area contributed by atoms with Gasteiger partial charge in [0.1, 0.15) is 0 Å². The van der Waals surface area contributed by atoms with Crippen LogP contribution in [0.25, 0.3) is 0 Å². The number of aliphatic hydroxyl groups is 1. The summed E-state index contributed by atoms with van der Waals surface area (Å²) in [6.45, 7) is 4.78. The highest BCUT2D eigenvalue weighted by Crippen LogP contribution is 2.27. The molecule has 23 heavy (non-hydrogen) atoms. The van der Waals surface area contributed by atoms with Gasteiger partial charge in [0.2, 0.25) is 0 Å². The standard InChI is InChI=1S/C19H28N2O2/c1-14-7-8-18(21-9-2-3-10-21)17(11-14)19(23)20-13-15-5-4-6-16(22)12-15/h7-8,11,15-16,22H,2-6,9-10,12-13H2,1H3,(H,20,23).